The number of hydrogen-bond acceptors (Lipinski definition) is 4. The van der Waals surface area contributed by atoms with Crippen molar-refractivity contribution in [3.05, 3.63) is 0 Å². The second-order valence-corrected chi connectivity index (χ2v) is 9.18. The molecule has 0 aromatic heterocycles. The molecule has 0 bridgehead atoms. The SMILES string of the molecule is CO[C@@H]1[C@H](C)[C@H](NC(=O)N2CCC(CS(N)(=O)=O)CC2)C1(C)C. The van der Waals surface area contributed by atoms with E-state index in [-0.39, 0.29) is 41.2 Å². The Morgan fingerprint density at radius 3 is 2.35 bits per heavy atom. The quantitative estimate of drug-likeness (QED) is 0.783. The zero-order valence-corrected chi connectivity index (χ0v) is 15.2. The molecule has 2 rings (SSSR count). The molecule has 0 spiro atoms. The normalized spacial score (nSPS) is 31.5. The third-order valence-corrected chi connectivity index (χ3v) is 6.38. The van der Waals surface area contributed by atoms with E-state index in [1.165, 1.54) is 0 Å². The first-order valence-corrected chi connectivity index (χ1v) is 9.86. The van der Waals surface area contributed by atoms with Gasteiger partial charge in [0.25, 0.3) is 0 Å². The third kappa shape index (κ3) is 3.97. The number of methoxy groups -OCH3 is 1. The van der Waals surface area contributed by atoms with E-state index >= 15 is 0 Å². The number of urea groups is 1. The Labute approximate surface area is 139 Å². The van der Waals surface area contributed by atoms with Crippen molar-refractivity contribution < 1.29 is 17.9 Å². The summed E-state index contributed by atoms with van der Waals surface area (Å²) in [7, 11) is -1.73. The predicted molar refractivity (Wildman–Crippen MR) is 88.3 cm³/mol. The third-order valence-electron chi connectivity index (χ3n) is 5.44. The second-order valence-electron chi connectivity index (χ2n) is 7.52. The van der Waals surface area contributed by atoms with Crippen molar-refractivity contribution in [3.8, 4) is 0 Å². The highest BCUT2D eigenvalue weighted by Crippen LogP contribution is 2.46. The van der Waals surface area contributed by atoms with Crippen molar-refractivity contribution >= 4 is 16.1 Å². The maximum absolute atomic E-state index is 12.5. The zero-order chi connectivity index (χ0) is 17.4. The number of carbonyl (C=O) groups is 1. The highest BCUT2D eigenvalue weighted by atomic mass is 32.2. The fraction of sp³-hybridized carbons (Fsp3) is 0.933. The monoisotopic (exact) mass is 347 g/mol. The van der Waals surface area contributed by atoms with Crippen molar-refractivity contribution in [2.75, 3.05) is 26.0 Å². The molecule has 0 unspecified atom stereocenters. The van der Waals surface area contributed by atoms with E-state index < -0.39 is 10.0 Å². The van der Waals surface area contributed by atoms with Crippen LogP contribution in [0.4, 0.5) is 4.79 Å². The number of piperidine rings is 1. The number of amides is 2. The van der Waals surface area contributed by atoms with Crippen LogP contribution in [0.3, 0.4) is 0 Å². The van der Waals surface area contributed by atoms with Crippen molar-refractivity contribution in [2.45, 2.75) is 45.8 Å². The molecule has 0 aromatic rings. The lowest BCUT2D eigenvalue weighted by Crippen LogP contribution is -2.69. The van der Waals surface area contributed by atoms with Crippen LogP contribution in [0.15, 0.2) is 0 Å². The molecule has 134 valence electrons. The van der Waals surface area contributed by atoms with Gasteiger partial charge in [0.05, 0.1) is 11.9 Å². The number of hydrogen-bond donors (Lipinski definition) is 2. The van der Waals surface area contributed by atoms with Crippen molar-refractivity contribution in [1.29, 1.82) is 0 Å². The van der Waals surface area contributed by atoms with Crippen LogP contribution >= 0.6 is 0 Å². The molecule has 1 aliphatic heterocycles. The van der Waals surface area contributed by atoms with Gasteiger partial charge in [-0.15, -0.1) is 0 Å². The molecule has 3 atom stereocenters. The number of nitrogens with one attached hydrogen (secondary N) is 1. The standard InChI is InChI=1S/C15H29N3O4S/c1-10-12(15(2,3)13(10)22-4)17-14(19)18-7-5-11(6-8-18)9-23(16,20)21/h10-13H,5-9H2,1-4H3,(H,17,19)(H2,16,20,21)/t10-,12+,13-/m1/s1. The number of carbonyl (C=O) groups excluding carboxylic acids is 1. The fourth-order valence-corrected chi connectivity index (χ4v) is 5.27. The Morgan fingerprint density at radius 1 is 1.35 bits per heavy atom. The summed E-state index contributed by atoms with van der Waals surface area (Å²) in [5.41, 5.74) is -0.0875. The molecule has 2 amide bonds. The van der Waals surface area contributed by atoms with Crippen LogP contribution < -0.4 is 10.5 Å². The summed E-state index contributed by atoms with van der Waals surface area (Å²) in [6.45, 7) is 7.43. The van der Waals surface area contributed by atoms with Crippen LogP contribution in [0.1, 0.15) is 33.6 Å². The first kappa shape index (κ1) is 18.5. The van der Waals surface area contributed by atoms with Gasteiger partial charge >= 0.3 is 6.03 Å². The predicted octanol–water partition coefficient (Wildman–Crippen LogP) is 0.756. The minimum Gasteiger partial charge on any atom is -0.380 e. The summed E-state index contributed by atoms with van der Waals surface area (Å²) in [4.78, 5) is 14.2. The molecule has 8 heteroatoms. The first-order chi connectivity index (χ1) is 10.6. The van der Waals surface area contributed by atoms with Gasteiger partial charge < -0.3 is 15.0 Å². The largest absolute Gasteiger partial charge is 0.380 e. The molecule has 2 aliphatic rings. The van der Waals surface area contributed by atoms with Crippen LogP contribution in [0, 0.1) is 17.3 Å². The number of ether oxygens (including phenoxy) is 1. The Morgan fingerprint density at radius 2 is 1.91 bits per heavy atom. The molecule has 7 nitrogen and oxygen atoms in total. The molecule has 0 aromatic carbocycles. The molecule has 1 heterocycles. The van der Waals surface area contributed by atoms with Crippen LogP contribution in [-0.4, -0.2) is 57.4 Å². The lowest BCUT2D eigenvalue weighted by atomic mass is 9.58. The second kappa shape index (κ2) is 6.57. The molecule has 1 aliphatic carbocycles. The summed E-state index contributed by atoms with van der Waals surface area (Å²) in [5, 5.41) is 8.21. The molecule has 1 saturated heterocycles. The van der Waals surface area contributed by atoms with Gasteiger partial charge in [0.15, 0.2) is 0 Å². The Balaban J connectivity index is 1.84. The van der Waals surface area contributed by atoms with E-state index in [0.717, 1.165) is 0 Å². The van der Waals surface area contributed by atoms with E-state index in [1.54, 1.807) is 12.0 Å². The fourth-order valence-electron chi connectivity index (χ4n) is 4.28. The number of likely N-dealkylation sites (tertiary alicyclic amines) is 1. The summed E-state index contributed by atoms with van der Waals surface area (Å²) in [6.07, 6.45) is 1.50. The summed E-state index contributed by atoms with van der Waals surface area (Å²) in [5.74, 6) is 0.329. The number of sulfonamides is 1. The maximum atomic E-state index is 12.5. The van der Waals surface area contributed by atoms with Gasteiger partial charge in [-0.3, -0.25) is 0 Å². The Kier molecular flexibility index (Phi) is 5.27. The van der Waals surface area contributed by atoms with Crippen molar-refractivity contribution in [2.24, 2.45) is 22.4 Å². The minimum absolute atomic E-state index is 0.00463. The summed E-state index contributed by atoms with van der Waals surface area (Å²) >= 11 is 0. The van der Waals surface area contributed by atoms with Crippen LogP contribution in [0.25, 0.3) is 0 Å². The molecular weight excluding hydrogens is 318 g/mol. The number of rotatable bonds is 4. The van der Waals surface area contributed by atoms with E-state index in [0.29, 0.717) is 25.9 Å². The van der Waals surface area contributed by atoms with Gasteiger partial charge in [0.2, 0.25) is 10.0 Å². The number of nitrogens with zero attached hydrogens (tertiary/aromatic N) is 1. The molecule has 2 fully saturated rings. The smallest absolute Gasteiger partial charge is 0.317 e. The average molecular weight is 347 g/mol. The van der Waals surface area contributed by atoms with E-state index in [9.17, 15) is 13.2 Å². The van der Waals surface area contributed by atoms with Gasteiger partial charge in [-0.1, -0.05) is 20.8 Å². The van der Waals surface area contributed by atoms with Crippen LogP contribution in [-0.2, 0) is 14.8 Å². The number of primary sulfonamides is 1. The Bertz CT molecular complexity index is 541. The highest BCUT2D eigenvalue weighted by molar-refractivity contribution is 7.89. The lowest BCUT2D eigenvalue weighted by molar-refractivity contribution is -0.141. The van der Waals surface area contributed by atoms with Crippen molar-refractivity contribution in [1.82, 2.24) is 10.2 Å². The molecule has 3 N–H and O–H groups in total. The van der Waals surface area contributed by atoms with Gasteiger partial charge in [-0.25, -0.2) is 18.4 Å². The number of nitrogens with two attached hydrogens (primary N) is 1. The lowest BCUT2D eigenvalue weighted by Gasteiger charge is -2.56. The van der Waals surface area contributed by atoms with Gasteiger partial charge in [0, 0.05) is 37.6 Å². The van der Waals surface area contributed by atoms with E-state index in [2.05, 4.69) is 26.1 Å². The van der Waals surface area contributed by atoms with Crippen molar-refractivity contribution in [3.63, 3.8) is 0 Å². The molecule has 0 radical (unpaired) electrons. The summed E-state index contributed by atoms with van der Waals surface area (Å²) in [6, 6.07) is 0.0145. The van der Waals surface area contributed by atoms with Gasteiger partial charge in [-0.05, 0) is 18.8 Å². The van der Waals surface area contributed by atoms with Crippen LogP contribution in [0.2, 0.25) is 0 Å². The molecule has 1 saturated carbocycles. The summed E-state index contributed by atoms with van der Waals surface area (Å²) < 4.78 is 27.8. The highest BCUT2D eigenvalue weighted by Gasteiger charge is 2.55. The average Bonchev–Trinajstić information content (AvgIpc) is 2.43. The van der Waals surface area contributed by atoms with Gasteiger partial charge in [0.1, 0.15) is 0 Å². The minimum atomic E-state index is -3.44. The zero-order valence-electron chi connectivity index (χ0n) is 14.4. The van der Waals surface area contributed by atoms with Gasteiger partial charge in [-0.2, -0.15) is 0 Å². The van der Waals surface area contributed by atoms with E-state index in [1.807, 2.05) is 0 Å². The Hall–Kier alpha value is -0.860. The topological polar surface area (TPSA) is 102 Å². The molecule has 23 heavy (non-hydrogen) atoms. The first-order valence-electron chi connectivity index (χ1n) is 8.15. The van der Waals surface area contributed by atoms with E-state index in [4.69, 9.17) is 9.88 Å². The van der Waals surface area contributed by atoms with Crippen LogP contribution in [0.5, 0.6) is 0 Å². The molecular formula is C15H29N3O4S. The maximum Gasteiger partial charge on any atom is 0.317 e.